The normalized spacial score (nSPS) is 16.9. The molecule has 4 rings (SSSR count). The van der Waals surface area contributed by atoms with Crippen LogP contribution < -0.4 is 5.56 Å². The number of hydrogen-bond donors (Lipinski definition) is 0. The maximum atomic E-state index is 12.8. The number of nitrogens with zero attached hydrogens (tertiary/aromatic N) is 4. The highest BCUT2D eigenvalue weighted by Crippen LogP contribution is 2.31. The van der Waals surface area contributed by atoms with Gasteiger partial charge in [0.2, 0.25) is 5.91 Å². The lowest BCUT2D eigenvalue weighted by Gasteiger charge is -2.25. The molecule has 0 N–H and O–H groups in total. The third-order valence-electron chi connectivity index (χ3n) is 4.96. The summed E-state index contributed by atoms with van der Waals surface area (Å²) >= 11 is 0. The quantitative estimate of drug-likeness (QED) is 0.727. The summed E-state index contributed by atoms with van der Waals surface area (Å²) in [5.41, 5.74) is 1.70. The number of likely N-dealkylation sites (tertiary alicyclic amines) is 1. The monoisotopic (exact) mass is 348 g/mol. The van der Waals surface area contributed by atoms with Crippen molar-refractivity contribution >= 4 is 16.8 Å². The highest BCUT2D eigenvalue weighted by molar-refractivity contribution is 5.78. The maximum Gasteiger partial charge on any atom is 0.261 e. The fraction of sp³-hybridized carbons (Fsp3) is 0.300. The third kappa shape index (κ3) is 3.10. The molecule has 26 heavy (non-hydrogen) atoms. The van der Waals surface area contributed by atoms with Crippen molar-refractivity contribution in [2.24, 2.45) is 0 Å². The third-order valence-corrected chi connectivity index (χ3v) is 4.96. The van der Waals surface area contributed by atoms with Gasteiger partial charge >= 0.3 is 0 Å². The molecule has 0 unspecified atom stereocenters. The van der Waals surface area contributed by atoms with Gasteiger partial charge in [-0.1, -0.05) is 12.1 Å². The van der Waals surface area contributed by atoms with Crippen LogP contribution in [0.1, 0.15) is 30.9 Å². The van der Waals surface area contributed by atoms with E-state index in [4.69, 9.17) is 0 Å². The van der Waals surface area contributed by atoms with Crippen LogP contribution in [-0.2, 0) is 11.3 Å². The number of benzene rings is 1. The second-order valence-corrected chi connectivity index (χ2v) is 6.54. The molecule has 6 nitrogen and oxygen atoms in total. The molecule has 6 heteroatoms. The van der Waals surface area contributed by atoms with Crippen molar-refractivity contribution in [2.75, 3.05) is 6.54 Å². The Balaban J connectivity index is 1.49. The van der Waals surface area contributed by atoms with Crippen LogP contribution in [-0.4, -0.2) is 31.9 Å². The molecular weight excluding hydrogens is 328 g/mol. The Kier molecular flexibility index (Phi) is 4.48. The van der Waals surface area contributed by atoms with Gasteiger partial charge in [0.1, 0.15) is 0 Å². The summed E-state index contributed by atoms with van der Waals surface area (Å²) in [5, 5.41) is 0.582. The van der Waals surface area contributed by atoms with Crippen LogP contribution >= 0.6 is 0 Å². The average Bonchev–Trinajstić information content (AvgIpc) is 3.18. The van der Waals surface area contributed by atoms with Gasteiger partial charge in [-0.25, -0.2) is 4.98 Å². The molecule has 1 atom stereocenters. The molecule has 3 aromatic rings. The second kappa shape index (κ2) is 7.07. The zero-order chi connectivity index (χ0) is 17.9. The SMILES string of the molecule is O=C(CCn1cnc2ccccc2c1=O)N1CCC[C@H]1c1ccncc1. The molecule has 132 valence electrons. The van der Waals surface area contributed by atoms with E-state index in [1.807, 2.05) is 35.2 Å². The van der Waals surface area contributed by atoms with Gasteiger partial charge in [0, 0.05) is 31.9 Å². The zero-order valence-corrected chi connectivity index (χ0v) is 14.4. The smallest absolute Gasteiger partial charge is 0.261 e. The molecule has 0 saturated carbocycles. The van der Waals surface area contributed by atoms with E-state index >= 15 is 0 Å². The first kappa shape index (κ1) is 16.4. The van der Waals surface area contributed by atoms with E-state index in [0.717, 1.165) is 24.9 Å². The predicted octanol–water partition coefficient (Wildman–Crippen LogP) is 2.55. The Morgan fingerprint density at radius 3 is 2.81 bits per heavy atom. The van der Waals surface area contributed by atoms with Crippen LogP contribution in [0.5, 0.6) is 0 Å². The summed E-state index contributed by atoms with van der Waals surface area (Å²) < 4.78 is 1.53. The minimum Gasteiger partial charge on any atom is -0.336 e. The maximum absolute atomic E-state index is 12.8. The van der Waals surface area contributed by atoms with Crippen molar-refractivity contribution in [3.8, 4) is 0 Å². The average molecular weight is 348 g/mol. The fourth-order valence-electron chi connectivity index (χ4n) is 3.62. The van der Waals surface area contributed by atoms with Crippen molar-refractivity contribution in [1.82, 2.24) is 19.4 Å². The number of rotatable bonds is 4. The molecule has 1 aliphatic heterocycles. The lowest BCUT2D eigenvalue weighted by Crippen LogP contribution is -2.32. The molecule has 3 heterocycles. The molecule has 2 aromatic heterocycles. The van der Waals surface area contributed by atoms with E-state index in [1.165, 1.54) is 10.9 Å². The Bertz CT molecular complexity index is 984. The molecule has 1 fully saturated rings. The van der Waals surface area contributed by atoms with E-state index in [9.17, 15) is 9.59 Å². The Morgan fingerprint density at radius 1 is 1.15 bits per heavy atom. The topological polar surface area (TPSA) is 68.1 Å². The van der Waals surface area contributed by atoms with Gasteiger partial charge in [0.15, 0.2) is 0 Å². The van der Waals surface area contributed by atoms with E-state index in [-0.39, 0.29) is 17.5 Å². The summed E-state index contributed by atoms with van der Waals surface area (Å²) in [5.74, 6) is 0.0735. The van der Waals surface area contributed by atoms with Gasteiger partial charge in [-0.05, 0) is 42.7 Å². The van der Waals surface area contributed by atoms with Gasteiger partial charge in [-0.15, -0.1) is 0 Å². The number of carbonyl (C=O) groups is 1. The lowest BCUT2D eigenvalue weighted by molar-refractivity contribution is -0.132. The number of amides is 1. The van der Waals surface area contributed by atoms with E-state index < -0.39 is 0 Å². The molecule has 0 aliphatic carbocycles. The summed E-state index contributed by atoms with van der Waals surface area (Å²) in [6.45, 7) is 1.10. The number of pyridine rings is 1. The van der Waals surface area contributed by atoms with Gasteiger partial charge < -0.3 is 4.90 Å². The summed E-state index contributed by atoms with van der Waals surface area (Å²) in [6.07, 6.45) is 7.31. The largest absolute Gasteiger partial charge is 0.336 e. The van der Waals surface area contributed by atoms with Crippen LogP contribution in [0.15, 0.2) is 59.9 Å². The van der Waals surface area contributed by atoms with Gasteiger partial charge in [-0.2, -0.15) is 0 Å². The van der Waals surface area contributed by atoms with Crippen LogP contribution in [0.4, 0.5) is 0 Å². The molecule has 1 amide bonds. The predicted molar refractivity (Wildman–Crippen MR) is 98.5 cm³/mol. The molecule has 0 radical (unpaired) electrons. The number of hydrogen-bond acceptors (Lipinski definition) is 4. The molecule has 1 aliphatic rings. The molecule has 0 spiro atoms. The van der Waals surface area contributed by atoms with E-state index in [0.29, 0.717) is 23.9 Å². The highest BCUT2D eigenvalue weighted by Gasteiger charge is 2.29. The van der Waals surface area contributed by atoms with E-state index in [1.54, 1.807) is 18.5 Å². The van der Waals surface area contributed by atoms with Crippen LogP contribution in [0, 0.1) is 0 Å². The molecule has 1 saturated heterocycles. The molecule has 1 aromatic carbocycles. The van der Waals surface area contributed by atoms with Gasteiger partial charge in [-0.3, -0.25) is 19.1 Å². The van der Waals surface area contributed by atoms with Gasteiger partial charge in [0.25, 0.3) is 5.56 Å². The van der Waals surface area contributed by atoms with Crippen LogP contribution in [0.3, 0.4) is 0 Å². The Labute approximate surface area is 151 Å². The second-order valence-electron chi connectivity index (χ2n) is 6.54. The molecular formula is C20H20N4O2. The number of para-hydroxylation sites is 1. The number of aromatic nitrogens is 3. The zero-order valence-electron chi connectivity index (χ0n) is 14.4. The first-order chi connectivity index (χ1) is 12.7. The van der Waals surface area contributed by atoms with Crippen LogP contribution in [0.2, 0.25) is 0 Å². The minimum atomic E-state index is -0.101. The number of fused-ring (bicyclic) bond motifs is 1. The standard InChI is InChI=1S/C20H20N4O2/c25-19(24-12-3-6-18(24)15-7-10-21-11-8-15)9-13-23-14-22-17-5-2-1-4-16(17)20(23)26/h1-2,4-5,7-8,10-11,14,18H,3,6,9,12-13H2/t18-/m0/s1. The van der Waals surface area contributed by atoms with Crippen molar-refractivity contribution in [2.45, 2.75) is 31.8 Å². The lowest BCUT2D eigenvalue weighted by atomic mass is 10.1. The minimum absolute atomic E-state index is 0.0735. The summed E-state index contributed by atoms with van der Waals surface area (Å²) in [7, 11) is 0. The van der Waals surface area contributed by atoms with Crippen molar-refractivity contribution in [1.29, 1.82) is 0 Å². The molecule has 0 bridgehead atoms. The number of carbonyl (C=O) groups excluding carboxylic acids is 1. The van der Waals surface area contributed by atoms with Crippen LogP contribution in [0.25, 0.3) is 10.9 Å². The van der Waals surface area contributed by atoms with Crippen molar-refractivity contribution < 1.29 is 4.79 Å². The fourth-order valence-corrected chi connectivity index (χ4v) is 3.62. The Hall–Kier alpha value is -3.02. The number of aryl methyl sites for hydroxylation is 1. The summed E-state index contributed by atoms with van der Waals surface area (Å²) in [4.78, 5) is 35.6. The van der Waals surface area contributed by atoms with E-state index in [2.05, 4.69) is 9.97 Å². The summed E-state index contributed by atoms with van der Waals surface area (Å²) in [6, 6.07) is 11.3. The first-order valence-electron chi connectivity index (χ1n) is 8.87. The van der Waals surface area contributed by atoms with Crippen molar-refractivity contribution in [3.63, 3.8) is 0 Å². The highest BCUT2D eigenvalue weighted by atomic mass is 16.2. The Morgan fingerprint density at radius 2 is 1.96 bits per heavy atom. The van der Waals surface area contributed by atoms with Gasteiger partial charge in [0.05, 0.1) is 23.3 Å². The first-order valence-corrected chi connectivity index (χ1v) is 8.87. The van der Waals surface area contributed by atoms with Crippen molar-refractivity contribution in [3.05, 3.63) is 71.0 Å².